The van der Waals surface area contributed by atoms with Crippen LogP contribution in [0.5, 0.6) is 0 Å². The summed E-state index contributed by atoms with van der Waals surface area (Å²) < 4.78 is 19.2. The molecule has 0 aliphatic rings. The van der Waals surface area contributed by atoms with Crippen LogP contribution in [0.15, 0.2) is 77.3 Å². The fourth-order valence-corrected chi connectivity index (χ4v) is 3.55. The zero-order valence-corrected chi connectivity index (χ0v) is 19.5. The highest BCUT2D eigenvalue weighted by molar-refractivity contribution is 5.95. The van der Waals surface area contributed by atoms with Gasteiger partial charge in [0, 0.05) is 37.7 Å². The summed E-state index contributed by atoms with van der Waals surface area (Å²) in [5.74, 6) is -0.406. The van der Waals surface area contributed by atoms with Gasteiger partial charge < -0.3 is 14.7 Å². The first kappa shape index (κ1) is 23.8. The van der Waals surface area contributed by atoms with Crippen LogP contribution in [0, 0.1) is 12.7 Å². The maximum atomic E-state index is 13.9. The third-order valence-corrected chi connectivity index (χ3v) is 5.52. The van der Waals surface area contributed by atoms with Crippen LogP contribution in [0.1, 0.15) is 37.7 Å². The van der Waals surface area contributed by atoms with Gasteiger partial charge in [0.25, 0.3) is 17.7 Å². The van der Waals surface area contributed by atoms with Crippen molar-refractivity contribution in [3.63, 3.8) is 0 Å². The van der Waals surface area contributed by atoms with Gasteiger partial charge in [0.2, 0.25) is 0 Å². The Morgan fingerprint density at radius 2 is 1.80 bits per heavy atom. The van der Waals surface area contributed by atoms with Gasteiger partial charge in [-0.1, -0.05) is 47.1 Å². The van der Waals surface area contributed by atoms with Crippen LogP contribution < -0.4 is 5.32 Å². The number of rotatable bonds is 8. The topological polar surface area (TPSA) is 88.3 Å². The quantitative estimate of drug-likeness (QED) is 0.410. The van der Waals surface area contributed by atoms with Crippen molar-refractivity contribution < 1.29 is 18.5 Å². The molecule has 8 heteroatoms. The smallest absolute Gasteiger partial charge is 0.257 e. The van der Waals surface area contributed by atoms with E-state index in [2.05, 4.69) is 15.5 Å². The number of benzene rings is 3. The lowest BCUT2D eigenvalue weighted by Gasteiger charge is -2.16. The van der Waals surface area contributed by atoms with E-state index in [-0.39, 0.29) is 11.5 Å². The molecule has 35 heavy (non-hydrogen) atoms. The molecule has 7 nitrogen and oxygen atoms in total. The average Bonchev–Trinajstić information content (AvgIpc) is 3.35. The van der Waals surface area contributed by atoms with Crippen molar-refractivity contribution in [2.24, 2.45) is 0 Å². The summed E-state index contributed by atoms with van der Waals surface area (Å²) in [6.45, 7) is 2.76. The number of nitrogens with one attached hydrogen (secondary N) is 1. The van der Waals surface area contributed by atoms with Crippen molar-refractivity contribution in [3.8, 4) is 11.5 Å². The van der Waals surface area contributed by atoms with E-state index in [9.17, 15) is 14.0 Å². The minimum absolute atomic E-state index is 0.0202. The van der Waals surface area contributed by atoms with Gasteiger partial charge in [-0.25, -0.2) is 4.39 Å². The number of halogens is 1. The first-order valence-electron chi connectivity index (χ1n) is 11.2. The van der Waals surface area contributed by atoms with Gasteiger partial charge in [0.15, 0.2) is 5.82 Å². The number of carbonyl (C=O) groups is 2. The maximum absolute atomic E-state index is 13.9. The summed E-state index contributed by atoms with van der Waals surface area (Å²) in [6, 6.07) is 20.7. The van der Waals surface area contributed by atoms with Gasteiger partial charge in [-0.3, -0.25) is 9.59 Å². The number of aromatic nitrogens is 2. The van der Waals surface area contributed by atoms with E-state index >= 15 is 0 Å². The van der Waals surface area contributed by atoms with Gasteiger partial charge >= 0.3 is 0 Å². The first-order chi connectivity index (χ1) is 16.9. The number of aryl methyl sites for hydroxylation is 1. The summed E-state index contributed by atoms with van der Waals surface area (Å²) in [4.78, 5) is 30.7. The van der Waals surface area contributed by atoms with Crippen LogP contribution in [0.3, 0.4) is 0 Å². The number of hydrogen-bond donors (Lipinski definition) is 1. The molecule has 0 radical (unpaired) electrons. The van der Waals surface area contributed by atoms with Crippen molar-refractivity contribution in [1.29, 1.82) is 0 Å². The van der Waals surface area contributed by atoms with Crippen LogP contribution in [-0.2, 0) is 13.0 Å². The highest BCUT2D eigenvalue weighted by atomic mass is 19.1. The molecule has 0 saturated carbocycles. The lowest BCUT2D eigenvalue weighted by Crippen LogP contribution is -2.29. The van der Waals surface area contributed by atoms with E-state index < -0.39 is 11.7 Å². The molecule has 1 aromatic heterocycles. The molecule has 0 unspecified atom stereocenters. The van der Waals surface area contributed by atoms with E-state index in [1.165, 1.54) is 23.1 Å². The Bertz CT molecular complexity index is 1330. The Morgan fingerprint density at radius 1 is 1.03 bits per heavy atom. The molecule has 0 saturated heterocycles. The Hall–Kier alpha value is -4.33. The summed E-state index contributed by atoms with van der Waals surface area (Å²) in [6.07, 6.45) is 0.347. The fraction of sp³-hybridized carbons (Fsp3) is 0.185. The van der Waals surface area contributed by atoms with Gasteiger partial charge in [0.05, 0.1) is 5.56 Å². The lowest BCUT2D eigenvalue weighted by atomic mass is 10.1. The Labute approximate surface area is 202 Å². The Balaban J connectivity index is 1.32. The van der Waals surface area contributed by atoms with Crippen molar-refractivity contribution >= 4 is 11.8 Å². The molecule has 0 bridgehead atoms. The Kier molecular flexibility index (Phi) is 7.30. The summed E-state index contributed by atoms with van der Waals surface area (Å²) >= 11 is 0. The molecular weight excluding hydrogens is 447 g/mol. The van der Waals surface area contributed by atoms with Gasteiger partial charge in [-0.05, 0) is 48.9 Å². The largest absolute Gasteiger partial charge is 0.348 e. The normalized spacial score (nSPS) is 10.7. The summed E-state index contributed by atoms with van der Waals surface area (Å²) in [5, 5.41) is 6.88. The predicted octanol–water partition coefficient (Wildman–Crippen LogP) is 4.43. The molecule has 1 heterocycles. The molecule has 178 valence electrons. The fourth-order valence-electron chi connectivity index (χ4n) is 3.55. The number of nitrogens with zero attached hydrogens (tertiary/aromatic N) is 3. The highest BCUT2D eigenvalue weighted by Gasteiger charge is 2.17. The van der Waals surface area contributed by atoms with Crippen molar-refractivity contribution in [3.05, 3.63) is 107 Å². The second-order valence-corrected chi connectivity index (χ2v) is 8.22. The van der Waals surface area contributed by atoms with Crippen LogP contribution in [0.2, 0.25) is 0 Å². The molecule has 2 amide bonds. The van der Waals surface area contributed by atoms with E-state index in [0.29, 0.717) is 42.4 Å². The number of amides is 2. The number of hydrogen-bond acceptors (Lipinski definition) is 5. The molecule has 0 aliphatic carbocycles. The van der Waals surface area contributed by atoms with Crippen molar-refractivity contribution in [2.45, 2.75) is 19.9 Å². The van der Waals surface area contributed by atoms with E-state index in [1.807, 2.05) is 31.2 Å². The lowest BCUT2D eigenvalue weighted by molar-refractivity contribution is 0.0790. The predicted molar refractivity (Wildman–Crippen MR) is 129 cm³/mol. The first-order valence-corrected chi connectivity index (χ1v) is 11.2. The maximum Gasteiger partial charge on any atom is 0.257 e. The van der Waals surface area contributed by atoms with Crippen LogP contribution in [0.25, 0.3) is 11.5 Å². The molecule has 4 rings (SSSR count). The molecule has 0 aliphatic heterocycles. The highest BCUT2D eigenvalue weighted by Crippen LogP contribution is 2.18. The van der Waals surface area contributed by atoms with Crippen LogP contribution in [0.4, 0.5) is 4.39 Å². The standard InChI is InChI=1S/C27H25FN4O3/c1-18-6-5-7-19(16-18)17-29-25(33)20-10-12-21(13-11-20)26-30-24(31-35-26)14-15-32(2)27(34)22-8-3-4-9-23(22)28/h3-13,16H,14-15,17H2,1-2H3,(H,29,33). The molecule has 4 aromatic rings. The van der Waals surface area contributed by atoms with Crippen LogP contribution in [-0.4, -0.2) is 40.4 Å². The Morgan fingerprint density at radius 3 is 2.54 bits per heavy atom. The van der Waals surface area contributed by atoms with E-state index in [1.54, 1.807) is 37.4 Å². The summed E-state index contributed by atoms with van der Waals surface area (Å²) in [7, 11) is 1.60. The number of carbonyl (C=O) groups excluding carboxylic acids is 2. The molecule has 0 fully saturated rings. The van der Waals surface area contributed by atoms with E-state index in [4.69, 9.17) is 4.52 Å². The number of likely N-dealkylation sites (N-methyl/N-ethyl adjacent to an activating group) is 1. The molecular formula is C27H25FN4O3. The van der Waals surface area contributed by atoms with Crippen LogP contribution >= 0.6 is 0 Å². The second kappa shape index (κ2) is 10.7. The third-order valence-electron chi connectivity index (χ3n) is 5.52. The molecule has 1 N–H and O–H groups in total. The SMILES string of the molecule is Cc1cccc(CNC(=O)c2ccc(-c3nc(CCN(C)C(=O)c4ccccc4F)no3)cc2)c1. The average molecular weight is 473 g/mol. The second-order valence-electron chi connectivity index (χ2n) is 8.22. The molecule has 0 atom stereocenters. The van der Waals surface area contributed by atoms with Crippen molar-refractivity contribution in [2.75, 3.05) is 13.6 Å². The molecule has 3 aromatic carbocycles. The zero-order valence-electron chi connectivity index (χ0n) is 19.5. The van der Waals surface area contributed by atoms with Gasteiger partial charge in [0.1, 0.15) is 5.82 Å². The van der Waals surface area contributed by atoms with E-state index in [0.717, 1.165) is 11.1 Å². The van der Waals surface area contributed by atoms with Crippen molar-refractivity contribution in [1.82, 2.24) is 20.4 Å². The van der Waals surface area contributed by atoms with Gasteiger partial charge in [-0.2, -0.15) is 4.98 Å². The van der Waals surface area contributed by atoms with Gasteiger partial charge in [-0.15, -0.1) is 0 Å². The molecule has 0 spiro atoms. The third kappa shape index (κ3) is 5.97. The zero-order chi connectivity index (χ0) is 24.8. The summed E-state index contributed by atoms with van der Waals surface area (Å²) in [5.41, 5.74) is 3.40. The minimum atomic E-state index is -0.557. The monoisotopic (exact) mass is 472 g/mol. The minimum Gasteiger partial charge on any atom is -0.348 e.